The van der Waals surface area contributed by atoms with Crippen molar-refractivity contribution in [2.24, 2.45) is 0 Å². The van der Waals surface area contributed by atoms with E-state index in [1.807, 2.05) is 33.8 Å². The van der Waals surface area contributed by atoms with E-state index in [9.17, 15) is 0 Å². The van der Waals surface area contributed by atoms with Gasteiger partial charge in [-0.05, 0) is 42.9 Å². The molecule has 0 aromatic heterocycles. The molecule has 1 aliphatic rings. The predicted octanol–water partition coefficient (Wildman–Crippen LogP) is 6.62. The number of hydrogen-bond acceptors (Lipinski definition) is 0. The van der Waals surface area contributed by atoms with E-state index >= 15 is 0 Å². The van der Waals surface area contributed by atoms with E-state index in [-0.39, 0.29) is 0 Å². The lowest BCUT2D eigenvalue weighted by atomic mass is 9.90. The third-order valence-electron chi connectivity index (χ3n) is 2.57. The maximum Gasteiger partial charge on any atom is -0.0238 e. The highest BCUT2D eigenvalue weighted by Gasteiger charge is 2.08. The first-order chi connectivity index (χ1) is 8.79. The first-order valence-corrected chi connectivity index (χ1v) is 7.48. The second kappa shape index (κ2) is 14.0. The van der Waals surface area contributed by atoms with Crippen LogP contribution in [-0.2, 0) is 0 Å². The van der Waals surface area contributed by atoms with Crippen molar-refractivity contribution in [2.45, 2.75) is 67.2 Å². The molecule has 0 spiro atoms. The molecule has 0 radical (unpaired) electrons. The summed E-state index contributed by atoms with van der Waals surface area (Å²) in [5.74, 6) is 0. The number of rotatable bonds is 4. The van der Waals surface area contributed by atoms with E-state index in [0.29, 0.717) is 0 Å². The molecule has 0 fully saturated rings. The van der Waals surface area contributed by atoms with Gasteiger partial charge in [-0.3, -0.25) is 0 Å². The highest BCUT2D eigenvalue weighted by atomic mass is 14.1. The molecular weight excluding hydrogens is 216 g/mol. The molecule has 0 saturated heterocycles. The van der Waals surface area contributed by atoms with Gasteiger partial charge in [-0.1, -0.05) is 71.9 Å². The SMILES string of the molecule is C=C/C=C(/CCC)C1=CCCC=C1C.CC.CC. The summed E-state index contributed by atoms with van der Waals surface area (Å²) in [6, 6.07) is 0. The van der Waals surface area contributed by atoms with Crippen molar-refractivity contribution in [1.82, 2.24) is 0 Å². The maximum atomic E-state index is 3.78. The van der Waals surface area contributed by atoms with Crippen LogP contribution in [0.4, 0.5) is 0 Å². The summed E-state index contributed by atoms with van der Waals surface area (Å²) < 4.78 is 0. The van der Waals surface area contributed by atoms with Gasteiger partial charge in [0.1, 0.15) is 0 Å². The Bertz CT molecular complexity index is 287. The van der Waals surface area contributed by atoms with Crippen LogP contribution in [-0.4, -0.2) is 0 Å². The minimum atomic E-state index is 1.16. The van der Waals surface area contributed by atoms with E-state index in [4.69, 9.17) is 0 Å². The second-order valence-corrected chi connectivity index (χ2v) is 3.76. The highest BCUT2D eigenvalue weighted by molar-refractivity contribution is 5.48. The van der Waals surface area contributed by atoms with Crippen LogP contribution in [0.3, 0.4) is 0 Å². The minimum absolute atomic E-state index is 1.16. The fourth-order valence-electron chi connectivity index (χ4n) is 1.90. The van der Waals surface area contributed by atoms with Gasteiger partial charge >= 0.3 is 0 Å². The fraction of sp³-hybridized carbons (Fsp3) is 0.556. The molecule has 0 bridgehead atoms. The zero-order valence-electron chi connectivity index (χ0n) is 13.3. The lowest BCUT2D eigenvalue weighted by Gasteiger charge is -2.15. The van der Waals surface area contributed by atoms with Crippen LogP contribution in [0, 0.1) is 0 Å². The Morgan fingerprint density at radius 1 is 1.17 bits per heavy atom. The van der Waals surface area contributed by atoms with Crippen LogP contribution < -0.4 is 0 Å². The molecule has 0 unspecified atom stereocenters. The van der Waals surface area contributed by atoms with Gasteiger partial charge in [0, 0.05) is 0 Å². The third-order valence-corrected chi connectivity index (χ3v) is 2.57. The van der Waals surface area contributed by atoms with Gasteiger partial charge in [-0.15, -0.1) is 0 Å². The molecule has 18 heavy (non-hydrogen) atoms. The average molecular weight is 248 g/mol. The van der Waals surface area contributed by atoms with E-state index < -0.39 is 0 Å². The van der Waals surface area contributed by atoms with Crippen molar-refractivity contribution in [2.75, 3.05) is 0 Å². The van der Waals surface area contributed by atoms with Gasteiger partial charge in [-0.25, -0.2) is 0 Å². The van der Waals surface area contributed by atoms with E-state index in [1.165, 1.54) is 36.0 Å². The van der Waals surface area contributed by atoms with Crippen molar-refractivity contribution < 1.29 is 0 Å². The Morgan fingerprint density at radius 2 is 1.72 bits per heavy atom. The number of allylic oxidation sites excluding steroid dienone is 7. The average Bonchev–Trinajstić information content (AvgIpc) is 2.44. The number of hydrogen-bond donors (Lipinski definition) is 0. The van der Waals surface area contributed by atoms with Crippen molar-refractivity contribution >= 4 is 0 Å². The van der Waals surface area contributed by atoms with Crippen LogP contribution in [0.5, 0.6) is 0 Å². The molecule has 1 aliphatic carbocycles. The summed E-state index contributed by atoms with van der Waals surface area (Å²) in [4.78, 5) is 0. The van der Waals surface area contributed by atoms with E-state index in [0.717, 1.165) is 6.42 Å². The Morgan fingerprint density at radius 3 is 2.17 bits per heavy atom. The molecule has 1 rings (SSSR count). The molecule has 104 valence electrons. The van der Waals surface area contributed by atoms with Crippen LogP contribution in [0.1, 0.15) is 67.2 Å². The molecular formula is C18H32. The monoisotopic (exact) mass is 248 g/mol. The second-order valence-electron chi connectivity index (χ2n) is 3.76. The molecule has 0 aliphatic heterocycles. The molecule has 0 aromatic carbocycles. The van der Waals surface area contributed by atoms with Gasteiger partial charge < -0.3 is 0 Å². The van der Waals surface area contributed by atoms with E-state index in [1.54, 1.807) is 0 Å². The summed E-state index contributed by atoms with van der Waals surface area (Å²) in [5.41, 5.74) is 4.31. The largest absolute Gasteiger partial charge is 0.0991 e. The van der Waals surface area contributed by atoms with Crippen molar-refractivity contribution in [3.05, 3.63) is 47.6 Å². The van der Waals surface area contributed by atoms with Crippen LogP contribution in [0.2, 0.25) is 0 Å². The zero-order chi connectivity index (χ0) is 14.4. The Hall–Kier alpha value is -1.04. The standard InChI is InChI=1S/C14H20.2C2H6/c1-4-8-13(9-5-2)14-11-7-6-10-12(14)3;2*1-2/h4,8,10-11H,1,5-7,9H2,2-3H3;2*1-2H3/b13-8-;;. The minimum Gasteiger partial charge on any atom is -0.0991 e. The van der Waals surface area contributed by atoms with Crippen LogP contribution in [0.25, 0.3) is 0 Å². The smallest absolute Gasteiger partial charge is 0.0238 e. The molecule has 0 aromatic rings. The Balaban J connectivity index is 0. The summed E-state index contributed by atoms with van der Waals surface area (Å²) in [7, 11) is 0. The highest BCUT2D eigenvalue weighted by Crippen LogP contribution is 2.27. The first kappa shape index (κ1) is 19.3. The van der Waals surface area contributed by atoms with Gasteiger partial charge in [0.2, 0.25) is 0 Å². The van der Waals surface area contributed by atoms with Crippen molar-refractivity contribution in [3.63, 3.8) is 0 Å². The summed E-state index contributed by atoms with van der Waals surface area (Å²) in [6.45, 7) is 16.2. The quantitative estimate of drug-likeness (QED) is 0.490. The van der Waals surface area contributed by atoms with E-state index in [2.05, 4.69) is 38.7 Å². The van der Waals surface area contributed by atoms with Gasteiger partial charge in [0.05, 0.1) is 0 Å². The van der Waals surface area contributed by atoms with Gasteiger partial charge in [-0.2, -0.15) is 0 Å². The predicted molar refractivity (Wildman–Crippen MR) is 87.0 cm³/mol. The van der Waals surface area contributed by atoms with Crippen molar-refractivity contribution in [1.29, 1.82) is 0 Å². The Kier molecular flexibility index (Phi) is 15.0. The normalized spacial score (nSPS) is 14.2. The molecule has 0 saturated carbocycles. The molecule has 0 heterocycles. The fourth-order valence-corrected chi connectivity index (χ4v) is 1.90. The summed E-state index contributed by atoms with van der Waals surface area (Å²) in [6.07, 6.45) is 13.5. The summed E-state index contributed by atoms with van der Waals surface area (Å²) >= 11 is 0. The first-order valence-electron chi connectivity index (χ1n) is 7.48. The molecule has 0 heteroatoms. The third kappa shape index (κ3) is 7.32. The summed E-state index contributed by atoms with van der Waals surface area (Å²) in [5, 5.41) is 0. The van der Waals surface area contributed by atoms with Gasteiger partial charge in [0.15, 0.2) is 0 Å². The zero-order valence-corrected chi connectivity index (χ0v) is 13.3. The molecule has 0 nitrogen and oxygen atoms in total. The van der Waals surface area contributed by atoms with Crippen molar-refractivity contribution in [3.8, 4) is 0 Å². The lowest BCUT2D eigenvalue weighted by Crippen LogP contribution is -1.96. The molecule has 0 amide bonds. The topological polar surface area (TPSA) is 0 Å². The molecule has 0 N–H and O–H groups in total. The maximum absolute atomic E-state index is 3.78. The molecule has 0 atom stereocenters. The van der Waals surface area contributed by atoms with Gasteiger partial charge in [0.25, 0.3) is 0 Å². The van der Waals surface area contributed by atoms with Crippen LogP contribution in [0.15, 0.2) is 47.6 Å². The Labute approximate surface area is 115 Å². The lowest BCUT2D eigenvalue weighted by molar-refractivity contribution is 0.897. The van der Waals surface area contributed by atoms with Crippen LogP contribution >= 0.6 is 0 Å².